The molecule has 1 aliphatic carbocycles. The number of halogens is 6. The summed E-state index contributed by atoms with van der Waals surface area (Å²) in [6, 6.07) is 1.08. The van der Waals surface area contributed by atoms with Crippen molar-refractivity contribution >= 4 is 17.6 Å². The quantitative estimate of drug-likeness (QED) is 0.367. The first kappa shape index (κ1) is 27.4. The van der Waals surface area contributed by atoms with Crippen molar-refractivity contribution in [3.05, 3.63) is 47.4 Å². The molecule has 0 radical (unpaired) electrons. The van der Waals surface area contributed by atoms with Gasteiger partial charge >= 0.3 is 12.4 Å². The van der Waals surface area contributed by atoms with Crippen molar-refractivity contribution in [1.82, 2.24) is 30.2 Å². The third-order valence-corrected chi connectivity index (χ3v) is 6.14. The molecule has 0 aromatic carbocycles. The number of carbonyl (C=O) groups is 2. The highest BCUT2D eigenvalue weighted by Gasteiger charge is 2.39. The SMILES string of the molecule is CC(CC(=O)NC(c1ccn2cc(CNC(=O)c3conc3CCC(F)(F)F)nc2n1)C1CC1)C(F)(F)F. The van der Waals surface area contributed by atoms with Crippen LogP contribution in [0.3, 0.4) is 0 Å². The van der Waals surface area contributed by atoms with E-state index in [4.69, 9.17) is 0 Å². The van der Waals surface area contributed by atoms with E-state index < -0.39 is 55.4 Å². The molecule has 3 aromatic rings. The number of nitrogens with zero attached hydrogens (tertiary/aromatic N) is 4. The second-order valence-electron chi connectivity index (χ2n) is 9.29. The number of hydrogen-bond acceptors (Lipinski definition) is 6. The first-order valence-electron chi connectivity index (χ1n) is 11.8. The Morgan fingerprint density at radius 1 is 1.18 bits per heavy atom. The van der Waals surface area contributed by atoms with E-state index in [1.807, 2.05) is 0 Å². The van der Waals surface area contributed by atoms with E-state index in [1.54, 1.807) is 22.9 Å². The van der Waals surface area contributed by atoms with E-state index in [0.29, 0.717) is 11.4 Å². The maximum absolute atomic E-state index is 12.8. The second kappa shape index (κ2) is 10.6. The molecule has 2 unspecified atom stereocenters. The maximum atomic E-state index is 12.8. The summed E-state index contributed by atoms with van der Waals surface area (Å²) >= 11 is 0. The van der Waals surface area contributed by atoms with Crippen LogP contribution in [-0.4, -0.2) is 43.7 Å². The molecule has 0 aliphatic heterocycles. The normalized spacial score (nSPS) is 15.9. The Bertz CT molecular complexity index is 1300. The summed E-state index contributed by atoms with van der Waals surface area (Å²) in [6.45, 7) is 0.882. The van der Waals surface area contributed by atoms with Crippen LogP contribution in [0.25, 0.3) is 5.78 Å². The van der Waals surface area contributed by atoms with E-state index in [9.17, 15) is 35.9 Å². The summed E-state index contributed by atoms with van der Waals surface area (Å²) in [5.41, 5.74) is 0.621. The molecule has 0 bridgehead atoms. The topological polar surface area (TPSA) is 114 Å². The predicted molar refractivity (Wildman–Crippen MR) is 118 cm³/mol. The lowest BCUT2D eigenvalue weighted by Gasteiger charge is -2.20. The molecular formula is C23H24F6N6O3. The molecule has 3 heterocycles. The van der Waals surface area contributed by atoms with Crippen molar-refractivity contribution in [3.63, 3.8) is 0 Å². The van der Waals surface area contributed by atoms with Crippen LogP contribution in [0.15, 0.2) is 29.2 Å². The molecule has 15 heteroatoms. The third-order valence-electron chi connectivity index (χ3n) is 6.14. The maximum Gasteiger partial charge on any atom is 0.392 e. The molecule has 38 heavy (non-hydrogen) atoms. The van der Waals surface area contributed by atoms with Crippen molar-refractivity contribution < 1.29 is 40.5 Å². The molecule has 1 aliphatic rings. The summed E-state index contributed by atoms with van der Waals surface area (Å²) in [5, 5.41) is 8.69. The van der Waals surface area contributed by atoms with Gasteiger partial charge < -0.3 is 15.2 Å². The van der Waals surface area contributed by atoms with Gasteiger partial charge in [0, 0.05) is 31.7 Å². The highest BCUT2D eigenvalue weighted by Crippen LogP contribution is 2.41. The van der Waals surface area contributed by atoms with Crippen molar-refractivity contribution in [2.24, 2.45) is 11.8 Å². The van der Waals surface area contributed by atoms with Gasteiger partial charge in [0.1, 0.15) is 11.8 Å². The molecule has 0 saturated heterocycles. The number of aryl methyl sites for hydroxylation is 1. The molecule has 0 spiro atoms. The highest BCUT2D eigenvalue weighted by atomic mass is 19.4. The minimum absolute atomic E-state index is 0.0546. The number of rotatable bonds is 10. The molecule has 1 fully saturated rings. The van der Waals surface area contributed by atoms with Crippen molar-refractivity contribution in [3.8, 4) is 0 Å². The summed E-state index contributed by atoms with van der Waals surface area (Å²) < 4.78 is 82.2. The number of hydrogen-bond donors (Lipinski definition) is 2. The summed E-state index contributed by atoms with van der Waals surface area (Å²) in [4.78, 5) is 33.5. The Kier molecular flexibility index (Phi) is 7.65. The van der Waals surface area contributed by atoms with Gasteiger partial charge in [0.25, 0.3) is 5.91 Å². The van der Waals surface area contributed by atoms with E-state index in [-0.39, 0.29) is 29.5 Å². The third kappa shape index (κ3) is 7.01. The minimum Gasteiger partial charge on any atom is -0.364 e. The van der Waals surface area contributed by atoms with Gasteiger partial charge in [0.2, 0.25) is 11.7 Å². The van der Waals surface area contributed by atoms with E-state index in [2.05, 4.69) is 30.3 Å². The number of imidazole rings is 1. The first-order valence-corrected chi connectivity index (χ1v) is 11.8. The first-order chi connectivity index (χ1) is 17.8. The van der Waals surface area contributed by atoms with Crippen molar-refractivity contribution in [1.29, 1.82) is 0 Å². The van der Waals surface area contributed by atoms with E-state index >= 15 is 0 Å². The molecule has 9 nitrogen and oxygen atoms in total. The van der Waals surface area contributed by atoms with Crippen LogP contribution in [0.2, 0.25) is 0 Å². The van der Waals surface area contributed by atoms with Gasteiger partial charge in [0.05, 0.1) is 35.6 Å². The Morgan fingerprint density at radius 3 is 2.58 bits per heavy atom. The van der Waals surface area contributed by atoms with Crippen LogP contribution in [-0.2, 0) is 17.8 Å². The molecule has 2 atom stereocenters. The van der Waals surface area contributed by atoms with Crippen LogP contribution >= 0.6 is 0 Å². The van der Waals surface area contributed by atoms with Gasteiger partial charge in [-0.05, 0) is 24.8 Å². The fourth-order valence-electron chi connectivity index (χ4n) is 3.83. The van der Waals surface area contributed by atoms with Crippen molar-refractivity contribution in [2.75, 3.05) is 0 Å². The highest BCUT2D eigenvalue weighted by molar-refractivity contribution is 5.94. The van der Waals surface area contributed by atoms with E-state index in [1.165, 1.54) is 0 Å². The van der Waals surface area contributed by atoms with Gasteiger partial charge in [-0.25, -0.2) is 9.97 Å². The lowest BCUT2D eigenvalue weighted by atomic mass is 10.0. The zero-order valence-corrected chi connectivity index (χ0v) is 20.1. The largest absolute Gasteiger partial charge is 0.392 e. The average Bonchev–Trinajstić information content (AvgIpc) is 3.40. The molecule has 2 N–H and O–H groups in total. The molecular weight excluding hydrogens is 522 g/mol. The molecule has 3 aromatic heterocycles. The monoisotopic (exact) mass is 546 g/mol. The number of alkyl halides is 6. The fourth-order valence-corrected chi connectivity index (χ4v) is 3.83. The van der Waals surface area contributed by atoms with Gasteiger partial charge in [-0.1, -0.05) is 12.1 Å². The predicted octanol–water partition coefficient (Wildman–Crippen LogP) is 4.30. The van der Waals surface area contributed by atoms with Gasteiger partial charge in [-0.2, -0.15) is 26.3 Å². The van der Waals surface area contributed by atoms with Crippen LogP contribution in [0.1, 0.15) is 66.1 Å². The smallest absolute Gasteiger partial charge is 0.364 e. The zero-order valence-electron chi connectivity index (χ0n) is 20.1. The number of carbonyl (C=O) groups excluding carboxylic acids is 2. The van der Waals surface area contributed by atoms with Crippen LogP contribution < -0.4 is 10.6 Å². The minimum atomic E-state index is -4.47. The van der Waals surface area contributed by atoms with Gasteiger partial charge in [-0.3, -0.25) is 14.0 Å². The van der Waals surface area contributed by atoms with Crippen molar-refractivity contribution in [2.45, 2.75) is 64.0 Å². The summed E-state index contributed by atoms with van der Waals surface area (Å²) in [7, 11) is 0. The standard InChI is InChI=1S/C23H24F6N6O3/c1-12(23(27,28)29)8-18(36)33-19(13-2-3-13)17-5-7-35-10-14(31-21(35)32-17)9-30-20(37)15-11-38-34-16(15)4-6-22(24,25)26/h5,7,10-13,19H,2-4,6,8-9H2,1H3,(H,30,37)(H,33,36). The van der Waals surface area contributed by atoms with E-state index in [0.717, 1.165) is 26.0 Å². The van der Waals surface area contributed by atoms with Gasteiger partial charge in [-0.15, -0.1) is 0 Å². The van der Waals surface area contributed by atoms with Crippen LogP contribution in [0, 0.1) is 11.8 Å². The number of aromatic nitrogens is 4. The number of fused-ring (bicyclic) bond motifs is 1. The van der Waals surface area contributed by atoms with Gasteiger partial charge in [0.15, 0.2) is 0 Å². The molecule has 4 rings (SSSR count). The fraction of sp³-hybridized carbons (Fsp3) is 0.522. The summed E-state index contributed by atoms with van der Waals surface area (Å²) in [5.74, 6) is -2.88. The lowest BCUT2D eigenvalue weighted by molar-refractivity contribution is -0.174. The Labute approximate surface area is 212 Å². The summed E-state index contributed by atoms with van der Waals surface area (Å²) in [6.07, 6.45) is -5.43. The lowest BCUT2D eigenvalue weighted by Crippen LogP contribution is -2.34. The Hall–Kier alpha value is -3.65. The van der Waals surface area contributed by atoms with Crippen LogP contribution in [0.4, 0.5) is 26.3 Å². The molecule has 2 amide bonds. The second-order valence-corrected chi connectivity index (χ2v) is 9.29. The zero-order chi connectivity index (χ0) is 27.7. The van der Waals surface area contributed by atoms with Crippen LogP contribution in [0.5, 0.6) is 0 Å². The number of amides is 2. The number of nitrogens with one attached hydrogen (secondary N) is 2. The molecule has 206 valence electrons. The Morgan fingerprint density at radius 2 is 1.92 bits per heavy atom. The average molecular weight is 546 g/mol. The Balaban J connectivity index is 1.40. The molecule has 1 saturated carbocycles.